The minimum absolute atomic E-state index is 0.268. The van der Waals surface area contributed by atoms with Crippen LogP contribution in [0.25, 0.3) is 6.08 Å². The van der Waals surface area contributed by atoms with Crippen molar-refractivity contribution in [3.05, 3.63) is 40.4 Å². The Balaban J connectivity index is 2.19. The maximum Gasteiger partial charge on any atom is 0.161 e. The lowest BCUT2D eigenvalue weighted by atomic mass is 10.0. The molecule has 0 aromatic heterocycles. The van der Waals surface area contributed by atoms with E-state index in [4.69, 9.17) is 11.6 Å². The molecule has 1 aromatic carbocycles. The first-order chi connectivity index (χ1) is 8.19. The van der Waals surface area contributed by atoms with Gasteiger partial charge in [0.1, 0.15) is 0 Å². The molecule has 1 aliphatic rings. The monoisotopic (exact) mass is 249 g/mol. The maximum absolute atomic E-state index is 11.8. The van der Waals surface area contributed by atoms with Crippen molar-refractivity contribution in [1.29, 1.82) is 0 Å². The Morgan fingerprint density at radius 3 is 2.71 bits per heavy atom. The van der Waals surface area contributed by atoms with Crippen LogP contribution in [0.1, 0.15) is 18.9 Å². The highest BCUT2D eigenvalue weighted by atomic mass is 35.5. The number of rotatable bonds is 2. The quantitative estimate of drug-likeness (QED) is 0.751. The van der Waals surface area contributed by atoms with Gasteiger partial charge in [-0.15, -0.1) is 0 Å². The zero-order valence-corrected chi connectivity index (χ0v) is 10.7. The number of nitrogens with zero attached hydrogens (tertiary/aromatic N) is 1. The zero-order valence-electron chi connectivity index (χ0n) is 9.95. The number of carbonyl (C=O) groups is 1. The fourth-order valence-corrected chi connectivity index (χ4v) is 2.11. The Kier molecular flexibility index (Phi) is 3.97. The summed E-state index contributed by atoms with van der Waals surface area (Å²) >= 11 is 5.83. The smallest absolute Gasteiger partial charge is 0.161 e. The van der Waals surface area contributed by atoms with Gasteiger partial charge in [-0.2, -0.15) is 0 Å². The molecule has 0 bridgehead atoms. The Hall–Kier alpha value is -1.12. The van der Waals surface area contributed by atoms with Crippen LogP contribution in [0, 0.1) is 0 Å². The lowest BCUT2D eigenvalue weighted by Gasteiger charge is -2.26. The van der Waals surface area contributed by atoms with E-state index in [9.17, 15) is 4.79 Å². The van der Waals surface area contributed by atoms with Crippen LogP contribution >= 0.6 is 11.6 Å². The van der Waals surface area contributed by atoms with Crippen LogP contribution in [0.15, 0.2) is 29.8 Å². The number of likely N-dealkylation sites (N-methyl/N-ethyl adjacent to an activating group) is 1. The van der Waals surface area contributed by atoms with Crippen LogP contribution in [0.2, 0.25) is 5.02 Å². The van der Waals surface area contributed by atoms with Gasteiger partial charge >= 0.3 is 0 Å². The third-order valence-electron chi connectivity index (χ3n) is 3.07. The average molecular weight is 250 g/mol. The summed E-state index contributed by atoms with van der Waals surface area (Å²) in [5.74, 6) is 0.268. The molecule has 0 radical (unpaired) electrons. The van der Waals surface area contributed by atoms with Gasteiger partial charge in [-0.25, -0.2) is 0 Å². The van der Waals surface area contributed by atoms with Gasteiger partial charge in [0.15, 0.2) is 5.78 Å². The van der Waals surface area contributed by atoms with Crippen molar-refractivity contribution in [3.8, 4) is 0 Å². The number of likely N-dealkylation sites (tertiary alicyclic amines) is 1. The van der Waals surface area contributed by atoms with E-state index in [0.717, 1.165) is 35.8 Å². The van der Waals surface area contributed by atoms with Gasteiger partial charge in [0.25, 0.3) is 0 Å². The summed E-state index contributed by atoms with van der Waals surface area (Å²) in [6.07, 6.45) is 2.60. The Bertz CT molecular complexity index is 436. The molecule has 1 fully saturated rings. The Morgan fingerprint density at radius 2 is 2.06 bits per heavy atom. The van der Waals surface area contributed by atoms with Crippen LogP contribution in [0.3, 0.4) is 0 Å². The van der Waals surface area contributed by atoms with E-state index >= 15 is 0 Å². The SMILES string of the molecule is CCN1CCC(=O)/C(=C/c2ccc(Cl)cc2)C1. The fraction of sp³-hybridized carbons (Fsp3) is 0.357. The summed E-state index contributed by atoms with van der Waals surface area (Å²) in [6, 6.07) is 7.57. The third-order valence-corrected chi connectivity index (χ3v) is 3.32. The number of Topliss-reactive ketones (excluding diaryl/α,β-unsaturated/α-hetero) is 1. The molecule has 2 rings (SSSR count). The minimum atomic E-state index is 0.268. The van der Waals surface area contributed by atoms with E-state index < -0.39 is 0 Å². The predicted octanol–water partition coefficient (Wildman–Crippen LogP) is 3.02. The van der Waals surface area contributed by atoms with Crippen LogP contribution in [0.5, 0.6) is 0 Å². The van der Waals surface area contributed by atoms with Crippen LogP contribution in [-0.2, 0) is 4.79 Å². The number of halogens is 1. The van der Waals surface area contributed by atoms with Crippen molar-refractivity contribution in [2.45, 2.75) is 13.3 Å². The largest absolute Gasteiger partial charge is 0.299 e. The molecule has 1 heterocycles. The van der Waals surface area contributed by atoms with Crippen molar-refractivity contribution in [1.82, 2.24) is 4.90 Å². The standard InChI is InChI=1S/C14H16ClNO/c1-2-16-8-7-14(17)12(10-16)9-11-3-5-13(15)6-4-11/h3-6,9H,2,7-8,10H2,1H3/b12-9+. The van der Waals surface area contributed by atoms with Gasteiger partial charge in [0.2, 0.25) is 0 Å². The molecule has 1 saturated heterocycles. The second-order valence-corrected chi connectivity index (χ2v) is 4.70. The topological polar surface area (TPSA) is 20.3 Å². The molecular formula is C14H16ClNO. The van der Waals surface area contributed by atoms with Crippen molar-refractivity contribution < 1.29 is 4.79 Å². The summed E-state index contributed by atoms with van der Waals surface area (Å²) < 4.78 is 0. The van der Waals surface area contributed by atoms with E-state index in [1.807, 2.05) is 30.3 Å². The molecule has 17 heavy (non-hydrogen) atoms. The number of piperidine rings is 1. The number of hydrogen-bond donors (Lipinski definition) is 0. The van der Waals surface area contributed by atoms with E-state index in [1.54, 1.807) is 0 Å². The van der Waals surface area contributed by atoms with E-state index in [-0.39, 0.29) is 5.78 Å². The highest BCUT2D eigenvalue weighted by Crippen LogP contribution is 2.17. The Morgan fingerprint density at radius 1 is 1.35 bits per heavy atom. The normalized spacial score (nSPS) is 19.9. The first-order valence-electron chi connectivity index (χ1n) is 5.90. The second kappa shape index (κ2) is 5.48. The highest BCUT2D eigenvalue weighted by Gasteiger charge is 2.19. The van der Waals surface area contributed by atoms with Gasteiger partial charge in [0, 0.05) is 30.1 Å². The lowest BCUT2D eigenvalue weighted by molar-refractivity contribution is -0.117. The van der Waals surface area contributed by atoms with E-state index in [1.165, 1.54) is 0 Å². The molecule has 90 valence electrons. The zero-order chi connectivity index (χ0) is 12.3. The molecule has 3 heteroatoms. The average Bonchev–Trinajstić information content (AvgIpc) is 2.35. The van der Waals surface area contributed by atoms with Crippen LogP contribution in [0.4, 0.5) is 0 Å². The lowest BCUT2D eigenvalue weighted by Crippen LogP contribution is -2.35. The summed E-state index contributed by atoms with van der Waals surface area (Å²) in [7, 11) is 0. The number of carbonyl (C=O) groups excluding carboxylic acids is 1. The van der Waals surface area contributed by atoms with Gasteiger partial charge < -0.3 is 0 Å². The molecule has 1 aromatic rings. The molecule has 0 unspecified atom stereocenters. The first kappa shape index (κ1) is 12.3. The summed E-state index contributed by atoms with van der Waals surface area (Å²) in [4.78, 5) is 14.1. The molecular weight excluding hydrogens is 234 g/mol. The number of benzene rings is 1. The van der Waals surface area contributed by atoms with Crippen molar-refractivity contribution in [2.75, 3.05) is 19.6 Å². The molecule has 0 N–H and O–H groups in total. The summed E-state index contributed by atoms with van der Waals surface area (Å²) in [5, 5.41) is 0.720. The molecule has 1 aliphatic heterocycles. The molecule has 0 atom stereocenters. The first-order valence-corrected chi connectivity index (χ1v) is 6.28. The maximum atomic E-state index is 11.8. The minimum Gasteiger partial charge on any atom is -0.299 e. The fourth-order valence-electron chi connectivity index (χ4n) is 1.98. The molecule has 0 aliphatic carbocycles. The highest BCUT2D eigenvalue weighted by molar-refractivity contribution is 6.30. The van der Waals surface area contributed by atoms with Crippen molar-refractivity contribution >= 4 is 23.5 Å². The molecule has 0 spiro atoms. The number of hydrogen-bond acceptors (Lipinski definition) is 2. The van der Waals surface area contributed by atoms with Crippen molar-refractivity contribution in [2.24, 2.45) is 0 Å². The van der Waals surface area contributed by atoms with E-state index in [2.05, 4.69) is 11.8 Å². The van der Waals surface area contributed by atoms with Crippen LogP contribution < -0.4 is 0 Å². The van der Waals surface area contributed by atoms with E-state index in [0.29, 0.717) is 6.42 Å². The Labute approximate surface area is 107 Å². The summed E-state index contributed by atoms with van der Waals surface area (Å²) in [6.45, 7) is 4.76. The predicted molar refractivity (Wildman–Crippen MR) is 71.2 cm³/mol. The van der Waals surface area contributed by atoms with Gasteiger partial charge in [-0.3, -0.25) is 9.69 Å². The van der Waals surface area contributed by atoms with Gasteiger partial charge in [-0.1, -0.05) is 30.7 Å². The van der Waals surface area contributed by atoms with Crippen molar-refractivity contribution in [3.63, 3.8) is 0 Å². The summed E-state index contributed by atoms with van der Waals surface area (Å²) in [5.41, 5.74) is 1.94. The second-order valence-electron chi connectivity index (χ2n) is 4.26. The van der Waals surface area contributed by atoms with Gasteiger partial charge in [-0.05, 0) is 30.3 Å². The van der Waals surface area contributed by atoms with Crippen LogP contribution in [-0.4, -0.2) is 30.3 Å². The third kappa shape index (κ3) is 3.18. The number of ketones is 1. The molecule has 2 nitrogen and oxygen atoms in total. The van der Waals surface area contributed by atoms with Gasteiger partial charge in [0.05, 0.1) is 0 Å². The molecule has 0 saturated carbocycles. The molecule has 0 amide bonds.